The minimum Gasteiger partial charge on any atom is -0.340 e. The first-order valence-electron chi connectivity index (χ1n) is 6.55. The van der Waals surface area contributed by atoms with Gasteiger partial charge in [0.15, 0.2) is 0 Å². The normalized spacial score (nSPS) is 15.9. The van der Waals surface area contributed by atoms with Crippen LogP contribution in [-0.4, -0.2) is 20.4 Å². The monoisotopic (exact) mass is 290 g/mol. The van der Waals surface area contributed by atoms with Gasteiger partial charge in [0.1, 0.15) is 11.5 Å². The minimum absolute atomic E-state index is 0.0556. The largest absolute Gasteiger partial charge is 0.340 e. The van der Waals surface area contributed by atoms with Crippen LogP contribution in [0.1, 0.15) is 35.2 Å². The van der Waals surface area contributed by atoms with E-state index < -0.39 is 0 Å². The van der Waals surface area contributed by atoms with Crippen molar-refractivity contribution in [2.24, 2.45) is 13.0 Å². The van der Waals surface area contributed by atoms with Gasteiger partial charge in [0, 0.05) is 25.6 Å². The summed E-state index contributed by atoms with van der Waals surface area (Å²) >= 11 is 5.78. The number of amides is 1. The average molecular weight is 291 g/mol. The lowest BCUT2D eigenvalue weighted by Gasteiger charge is -2.17. The summed E-state index contributed by atoms with van der Waals surface area (Å²) in [7, 11) is 1.93. The van der Waals surface area contributed by atoms with E-state index in [-0.39, 0.29) is 11.9 Å². The maximum atomic E-state index is 12.3. The third-order valence-corrected chi connectivity index (χ3v) is 3.70. The molecule has 1 atom stereocenters. The molecule has 2 aromatic heterocycles. The van der Waals surface area contributed by atoms with Gasteiger partial charge in [0.2, 0.25) is 0 Å². The predicted molar refractivity (Wildman–Crippen MR) is 75.4 cm³/mol. The van der Waals surface area contributed by atoms with Crippen LogP contribution in [-0.2, 0) is 7.05 Å². The maximum absolute atomic E-state index is 12.3. The van der Waals surface area contributed by atoms with E-state index in [0.29, 0.717) is 16.6 Å². The quantitative estimate of drug-likeness (QED) is 0.940. The smallest absolute Gasteiger partial charge is 0.270 e. The van der Waals surface area contributed by atoms with Crippen molar-refractivity contribution in [3.63, 3.8) is 0 Å². The van der Waals surface area contributed by atoms with E-state index in [2.05, 4.69) is 15.3 Å². The molecule has 0 bridgehead atoms. The van der Waals surface area contributed by atoms with E-state index in [0.717, 1.165) is 18.7 Å². The molecule has 0 aromatic carbocycles. The summed E-state index contributed by atoms with van der Waals surface area (Å²) < 4.78 is 1.94. The lowest BCUT2D eigenvalue weighted by atomic mass is 10.1. The number of imidazole rings is 1. The van der Waals surface area contributed by atoms with Crippen molar-refractivity contribution in [3.8, 4) is 0 Å². The highest BCUT2D eigenvalue weighted by atomic mass is 35.5. The molecule has 1 N–H and O–H groups in total. The van der Waals surface area contributed by atoms with Gasteiger partial charge in [-0.2, -0.15) is 0 Å². The lowest BCUT2D eigenvalue weighted by Crippen LogP contribution is -2.32. The number of carbonyl (C=O) groups is 1. The van der Waals surface area contributed by atoms with Crippen LogP contribution >= 0.6 is 11.6 Å². The number of nitrogens with zero attached hydrogens (tertiary/aromatic N) is 3. The Kier molecular flexibility index (Phi) is 3.44. The number of aromatic nitrogens is 3. The third kappa shape index (κ3) is 2.67. The number of hydrogen-bond acceptors (Lipinski definition) is 3. The zero-order valence-corrected chi connectivity index (χ0v) is 11.8. The molecule has 6 heteroatoms. The Morgan fingerprint density at radius 3 is 2.80 bits per heavy atom. The third-order valence-electron chi connectivity index (χ3n) is 3.48. The fraction of sp³-hybridized carbons (Fsp3) is 0.357. The summed E-state index contributed by atoms with van der Waals surface area (Å²) in [5, 5.41) is 3.55. The number of hydrogen-bond donors (Lipinski definition) is 1. The molecule has 1 aliphatic rings. The molecule has 20 heavy (non-hydrogen) atoms. The molecule has 0 saturated heterocycles. The van der Waals surface area contributed by atoms with Gasteiger partial charge in [0.25, 0.3) is 5.91 Å². The summed E-state index contributed by atoms with van der Waals surface area (Å²) in [5.74, 6) is 1.16. The van der Waals surface area contributed by atoms with Gasteiger partial charge in [0.05, 0.1) is 11.1 Å². The predicted octanol–water partition coefficient (Wildman–Crippen LogP) is 2.35. The van der Waals surface area contributed by atoms with Crippen molar-refractivity contribution in [1.29, 1.82) is 0 Å². The average Bonchev–Trinajstić information content (AvgIpc) is 3.19. The number of pyridine rings is 1. The van der Waals surface area contributed by atoms with Crippen LogP contribution in [0.5, 0.6) is 0 Å². The standard InChI is InChI=1S/C14H15ClN4O/c1-19-7-6-16-13(19)12(9-2-3-9)18-14(20)11-5-4-10(15)8-17-11/h4-9,12H,2-3H2,1H3,(H,18,20)/t12-/m0/s1. The van der Waals surface area contributed by atoms with Crippen molar-refractivity contribution in [2.45, 2.75) is 18.9 Å². The van der Waals surface area contributed by atoms with Crippen LogP contribution in [0.25, 0.3) is 0 Å². The van der Waals surface area contributed by atoms with E-state index in [9.17, 15) is 4.79 Å². The van der Waals surface area contributed by atoms with Gasteiger partial charge in [-0.3, -0.25) is 4.79 Å². The Hall–Kier alpha value is -1.88. The molecule has 0 unspecified atom stereocenters. The zero-order chi connectivity index (χ0) is 14.1. The summed E-state index contributed by atoms with van der Waals surface area (Å²) in [6, 6.07) is 3.23. The van der Waals surface area contributed by atoms with Gasteiger partial charge in [-0.05, 0) is 30.9 Å². The van der Waals surface area contributed by atoms with E-state index in [1.54, 1.807) is 18.3 Å². The second-order valence-corrected chi connectivity index (χ2v) is 5.48. The highest BCUT2D eigenvalue weighted by Crippen LogP contribution is 2.40. The minimum atomic E-state index is -0.193. The molecule has 1 saturated carbocycles. The lowest BCUT2D eigenvalue weighted by molar-refractivity contribution is 0.0924. The molecule has 104 valence electrons. The summed E-state index contributed by atoms with van der Waals surface area (Å²) in [5.41, 5.74) is 0.370. The Labute approximate surface area is 122 Å². The molecular weight excluding hydrogens is 276 g/mol. The molecule has 1 fully saturated rings. The highest BCUT2D eigenvalue weighted by Gasteiger charge is 2.35. The highest BCUT2D eigenvalue weighted by molar-refractivity contribution is 6.30. The van der Waals surface area contributed by atoms with Crippen LogP contribution < -0.4 is 5.32 Å². The first kappa shape index (κ1) is 13.1. The van der Waals surface area contributed by atoms with Gasteiger partial charge in [-0.25, -0.2) is 9.97 Å². The molecule has 1 amide bonds. The Morgan fingerprint density at radius 1 is 1.45 bits per heavy atom. The topological polar surface area (TPSA) is 59.8 Å². The maximum Gasteiger partial charge on any atom is 0.270 e. The van der Waals surface area contributed by atoms with Crippen molar-refractivity contribution in [3.05, 3.63) is 47.3 Å². The molecule has 0 radical (unpaired) electrons. The van der Waals surface area contributed by atoms with E-state index in [1.165, 1.54) is 6.20 Å². The molecule has 0 spiro atoms. The summed E-state index contributed by atoms with van der Waals surface area (Å²) in [6.07, 6.45) is 7.34. The zero-order valence-electron chi connectivity index (χ0n) is 11.1. The molecular formula is C14H15ClN4O. The number of carbonyl (C=O) groups excluding carboxylic acids is 1. The van der Waals surface area contributed by atoms with Crippen LogP contribution in [0.3, 0.4) is 0 Å². The van der Waals surface area contributed by atoms with Crippen LogP contribution in [0, 0.1) is 5.92 Å². The Morgan fingerprint density at radius 2 is 2.25 bits per heavy atom. The molecule has 2 heterocycles. The van der Waals surface area contributed by atoms with E-state index in [4.69, 9.17) is 11.6 Å². The number of halogens is 1. The number of nitrogens with one attached hydrogen (secondary N) is 1. The van der Waals surface area contributed by atoms with Crippen molar-refractivity contribution < 1.29 is 4.79 Å². The molecule has 3 rings (SSSR count). The summed E-state index contributed by atoms with van der Waals surface area (Å²) in [6.45, 7) is 0. The van der Waals surface area contributed by atoms with Crippen LogP contribution in [0.4, 0.5) is 0 Å². The Balaban J connectivity index is 1.79. The van der Waals surface area contributed by atoms with Gasteiger partial charge < -0.3 is 9.88 Å². The second kappa shape index (κ2) is 5.25. The van der Waals surface area contributed by atoms with Gasteiger partial charge >= 0.3 is 0 Å². The van der Waals surface area contributed by atoms with Crippen LogP contribution in [0.2, 0.25) is 5.02 Å². The number of aryl methyl sites for hydroxylation is 1. The Bertz CT molecular complexity index is 618. The fourth-order valence-corrected chi connectivity index (χ4v) is 2.34. The molecule has 2 aromatic rings. The fourth-order valence-electron chi connectivity index (χ4n) is 2.22. The second-order valence-electron chi connectivity index (χ2n) is 5.05. The summed E-state index contributed by atoms with van der Waals surface area (Å²) in [4.78, 5) is 20.6. The van der Waals surface area contributed by atoms with E-state index in [1.807, 2.05) is 17.8 Å². The van der Waals surface area contributed by atoms with Crippen molar-refractivity contribution >= 4 is 17.5 Å². The van der Waals surface area contributed by atoms with Gasteiger partial charge in [-0.1, -0.05) is 11.6 Å². The SMILES string of the molecule is Cn1ccnc1[C@@H](NC(=O)c1ccc(Cl)cn1)C1CC1. The number of rotatable bonds is 4. The van der Waals surface area contributed by atoms with Crippen LogP contribution in [0.15, 0.2) is 30.7 Å². The first-order chi connectivity index (χ1) is 9.65. The first-order valence-corrected chi connectivity index (χ1v) is 6.92. The molecule has 5 nitrogen and oxygen atoms in total. The van der Waals surface area contributed by atoms with E-state index >= 15 is 0 Å². The molecule has 1 aliphatic carbocycles. The molecule has 0 aliphatic heterocycles. The van der Waals surface area contributed by atoms with Gasteiger partial charge in [-0.15, -0.1) is 0 Å². The van der Waals surface area contributed by atoms with Crippen molar-refractivity contribution in [2.75, 3.05) is 0 Å². The van der Waals surface area contributed by atoms with Crippen molar-refractivity contribution in [1.82, 2.24) is 19.9 Å².